The molecule has 0 aliphatic heterocycles. The van der Waals surface area contributed by atoms with Crippen molar-refractivity contribution in [3.63, 3.8) is 0 Å². The van der Waals surface area contributed by atoms with Gasteiger partial charge in [-0.3, -0.25) is 0 Å². The van der Waals surface area contributed by atoms with Crippen molar-refractivity contribution in [2.24, 2.45) is 15.9 Å². The first-order valence-electron chi connectivity index (χ1n) is 7.40. The van der Waals surface area contributed by atoms with Crippen LogP contribution in [-0.2, 0) is 0 Å². The zero-order chi connectivity index (χ0) is 15.9. The van der Waals surface area contributed by atoms with Crippen LogP contribution in [0.3, 0.4) is 0 Å². The minimum Gasteiger partial charge on any atom is -0.382 e. The highest BCUT2D eigenvalue weighted by atomic mass is 15.2. The second-order valence-electron chi connectivity index (χ2n) is 5.09. The molecule has 0 bridgehead atoms. The predicted molar refractivity (Wildman–Crippen MR) is 96.6 cm³/mol. The van der Waals surface area contributed by atoms with E-state index in [1.54, 1.807) is 6.21 Å². The van der Waals surface area contributed by atoms with Crippen molar-refractivity contribution in [1.29, 1.82) is 0 Å². The molecule has 0 radical (unpaired) electrons. The molecule has 112 valence electrons. The molecule has 0 fully saturated rings. The van der Waals surface area contributed by atoms with Crippen molar-refractivity contribution >= 4 is 12.1 Å². The maximum Gasteiger partial charge on any atom is 0.153 e. The molecular formula is C20H17N3. The molecule has 23 heavy (non-hydrogen) atoms. The van der Waals surface area contributed by atoms with Crippen molar-refractivity contribution in [1.82, 2.24) is 0 Å². The van der Waals surface area contributed by atoms with Crippen LogP contribution in [-0.4, -0.2) is 12.1 Å². The zero-order valence-electron chi connectivity index (χ0n) is 12.6. The van der Waals surface area contributed by atoms with Gasteiger partial charge >= 0.3 is 0 Å². The molecule has 3 aromatic rings. The van der Waals surface area contributed by atoms with Crippen LogP contribution >= 0.6 is 0 Å². The van der Waals surface area contributed by atoms with Crippen LogP contribution in [0, 0.1) is 0 Å². The minimum atomic E-state index is 0.398. The number of benzene rings is 3. The summed E-state index contributed by atoms with van der Waals surface area (Å²) >= 11 is 0. The third-order valence-electron chi connectivity index (χ3n) is 3.44. The maximum atomic E-state index is 6.04. The molecule has 0 atom stereocenters. The van der Waals surface area contributed by atoms with Crippen LogP contribution in [0.5, 0.6) is 0 Å². The number of nitrogens with two attached hydrogens (primary N) is 1. The summed E-state index contributed by atoms with van der Waals surface area (Å²) in [5.74, 6) is 0.398. The number of amidine groups is 1. The van der Waals surface area contributed by atoms with Crippen molar-refractivity contribution < 1.29 is 0 Å². The Labute approximate surface area is 135 Å². The average Bonchev–Trinajstić information content (AvgIpc) is 2.63. The van der Waals surface area contributed by atoms with Gasteiger partial charge in [0.1, 0.15) is 0 Å². The lowest BCUT2D eigenvalue weighted by molar-refractivity contribution is 1.23. The Morgan fingerprint density at radius 3 is 2.13 bits per heavy atom. The van der Waals surface area contributed by atoms with Crippen LogP contribution in [0.25, 0.3) is 11.1 Å². The lowest BCUT2D eigenvalue weighted by atomic mass is 10.0. The van der Waals surface area contributed by atoms with Gasteiger partial charge in [-0.2, -0.15) is 5.10 Å². The van der Waals surface area contributed by atoms with Crippen molar-refractivity contribution in [2.45, 2.75) is 0 Å². The summed E-state index contributed by atoms with van der Waals surface area (Å²) in [5, 5.41) is 8.15. The smallest absolute Gasteiger partial charge is 0.153 e. The molecule has 0 unspecified atom stereocenters. The van der Waals surface area contributed by atoms with Gasteiger partial charge in [0, 0.05) is 5.56 Å². The van der Waals surface area contributed by atoms with E-state index in [0.29, 0.717) is 5.84 Å². The van der Waals surface area contributed by atoms with Crippen molar-refractivity contribution in [3.8, 4) is 11.1 Å². The van der Waals surface area contributed by atoms with E-state index in [1.165, 1.54) is 0 Å². The third-order valence-corrected chi connectivity index (χ3v) is 3.44. The molecule has 2 N–H and O–H groups in total. The minimum absolute atomic E-state index is 0.398. The molecule has 0 amide bonds. The number of hydrogen-bond acceptors (Lipinski definition) is 2. The summed E-state index contributed by atoms with van der Waals surface area (Å²) in [6.07, 6.45) is 1.69. The SMILES string of the molecule is NC(=N/N=C/c1ccccc1)c1cccc(-c2ccccc2)c1. The lowest BCUT2D eigenvalue weighted by Crippen LogP contribution is -2.12. The van der Waals surface area contributed by atoms with Crippen LogP contribution in [0.1, 0.15) is 11.1 Å². The molecule has 0 saturated carbocycles. The fourth-order valence-electron chi connectivity index (χ4n) is 2.24. The molecule has 3 rings (SSSR count). The molecule has 0 aliphatic rings. The average molecular weight is 299 g/mol. The number of nitrogens with zero attached hydrogens (tertiary/aromatic N) is 2. The Morgan fingerprint density at radius 2 is 1.39 bits per heavy atom. The second-order valence-corrected chi connectivity index (χ2v) is 5.09. The molecule has 0 spiro atoms. The predicted octanol–water partition coefficient (Wildman–Crippen LogP) is 4.09. The topological polar surface area (TPSA) is 50.7 Å². The molecule has 3 heteroatoms. The Bertz CT molecular complexity index is 822. The van der Waals surface area contributed by atoms with Crippen LogP contribution in [0.15, 0.2) is 95.1 Å². The monoisotopic (exact) mass is 299 g/mol. The van der Waals surface area contributed by atoms with Crippen molar-refractivity contribution in [2.75, 3.05) is 0 Å². The maximum absolute atomic E-state index is 6.04. The summed E-state index contributed by atoms with van der Waals surface area (Å²) in [5.41, 5.74) is 10.1. The quantitative estimate of drug-likeness (QED) is 0.440. The van der Waals surface area contributed by atoms with Gasteiger partial charge in [0.2, 0.25) is 0 Å². The molecule has 0 heterocycles. The molecule has 3 aromatic carbocycles. The first-order chi connectivity index (χ1) is 11.3. The number of hydrogen-bond donors (Lipinski definition) is 1. The van der Waals surface area contributed by atoms with E-state index in [9.17, 15) is 0 Å². The molecular weight excluding hydrogens is 282 g/mol. The Balaban J connectivity index is 1.81. The third kappa shape index (κ3) is 3.92. The number of rotatable bonds is 4. The summed E-state index contributed by atoms with van der Waals surface area (Å²) in [7, 11) is 0. The summed E-state index contributed by atoms with van der Waals surface area (Å²) < 4.78 is 0. The van der Waals surface area contributed by atoms with E-state index in [-0.39, 0.29) is 0 Å². The van der Waals surface area contributed by atoms with Gasteiger partial charge in [-0.05, 0) is 22.8 Å². The highest BCUT2D eigenvalue weighted by Gasteiger charge is 2.01. The largest absolute Gasteiger partial charge is 0.382 e. The van der Waals surface area contributed by atoms with Gasteiger partial charge in [-0.1, -0.05) is 78.9 Å². The second kappa shape index (κ2) is 7.18. The van der Waals surface area contributed by atoms with E-state index in [1.807, 2.05) is 66.7 Å². The van der Waals surface area contributed by atoms with Crippen LogP contribution < -0.4 is 5.73 Å². The molecule has 0 aromatic heterocycles. The highest BCUT2D eigenvalue weighted by Crippen LogP contribution is 2.19. The van der Waals surface area contributed by atoms with E-state index in [0.717, 1.165) is 22.3 Å². The fourth-order valence-corrected chi connectivity index (χ4v) is 2.24. The summed E-state index contributed by atoms with van der Waals surface area (Å²) in [6.45, 7) is 0. The Hall–Kier alpha value is -3.20. The van der Waals surface area contributed by atoms with E-state index < -0.39 is 0 Å². The fraction of sp³-hybridized carbons (Fsp3) is 0. The Morgan fingerprint density at radius 1 is 0.739 bits per heavy atom. The van der Waals surface area contributed by atoms with E-state index in [2.05, 4.69) is 28.4 Å². The van der Waals surface area contributed by atoms with E-state index >= 15 is 0 Å². The van der Waals surface area contributed by atoms with Crippen molar-refractivity contribution in [3.05, 3.63) is 96.1 Å². The first kappa shape index (κ1) is 14.7. The molecule has 0 saturated heterocycles. The van der Waals surface area contributed by atoms with E-state index in [4.69, 9.17) is 5.73 Å². The van der Waals surface area contributed by atoms with Crippen LogP contribution in [0.2, 0.25) is 0 Å². The molecule has 3 nitrogen and oxygen atoms in total. The van der Waals surface area contributed by atoms with Gasteiger partial charge in [0.05, 0.1) is 6.21 Å². The first-order valence-corrected chi connectivity index (χ1v) is 7.40. The molecule has 0 aliphatic carbocycles. The zero-order valence-corrected chi connectivity index (χ0v) is 12.6. The normalized spacial score (nSPS) is 11.7. The summed E-state index contributed by atoms with van der Waals surface area (Å²) in [6, 6.07) is 28.0. The van der Waals surface area contributed by atoms with Gasteiger partial charge in [-0.15, -0.1) is 5.10 Å². The lowest BCUT2D eigenvalue weighted by Gasteiger charge is -2.04. The summed E-state index contributed by atoms with van der Waals surface area (Å²) in [4.78, 5) is 0. The standard InChI is InChI=1S/C20H17N3/c21-20(23-22-15-16-8-3-1-4-9-16)19-13-7-12-18(14-19)17-10-5-2-6-11-17/h1-15H,(H2,21,23)/b22-15+. The van der Waals surface area contributed by atoms with Gasteiger partial charge < -0.3 is 5.73 Å². The highest BCUT2D eigenvalue weighted by molar-refractivity contribution is 5.98. The van der Waals surface area contributed by atoms with Gasteiger partial charge in [0.25, 0.3) is 0 Å². The van der Waals surface area contributed by atoms with Gasteiger partial charge in [0.15, 0.2) is 5.84 Å². The van der Waals surface area contributed by atoms with Crippen LogP contribution in [0.4, 0.5) is 0 Å². The Kier molecular flexibility index (Phi) is 4.60. The van der Waals surface area contributed by atoms with Gasteiger partial charge in [-0.25, -0.2) is 0 Å².